The molecular weight excluding hydrogens is 432 g/mol. The quantitative estimate of drug-likeness (QED) is 0.435. The Balaban J connectivity index is 1.98. The van der Waals surface area contributed by atoms with Crippen LogP contribution in [0.2, 0.25) is 0 Å². The van der Waals surface area contributed by atoms with Gasteiger partial charge in [0.1, 0.15) is 5.82 Å². The summed E-state index contributed by atoms with van der Waals surface area (Å²) in [6.07, 6.45) is 0. The van der Waals surface area contributed by atoms with Crippen LogP contribution in [-0.4, -0.2) is 15.2 Å². The van der Waals surface area contributed by atoms with Crippen LogP contribution in [0, 0.1) is 0 Å². The Hall–Kier alpha value is -2.18. The number of aromatic amines is 1. The molecule has 2 aromatic carbocycles. The summed E-state index contributed by atoms with van der Waals surface area (Å²) in [5.41, 5.74) is 10.7. The number of aromatic nitrogens is 3. The number of hydrogen-bond acceptors (Lipinski definition) is 3. The summed E-state index contributed by atoms with van der Waals surface area (Å²) in [6, 6.07) is 18.2. The van der Waals surface area contributed by atoms with E-state index >= 15 is 0 Å². The third-order valence-electron chi connectivity index (χ3n) is 3.85. The topological polar surface area (TPSA) is 67.6 Å². The van der Waals surface area contributed by atoms with Gasteiger partial charge in [0.15, 0.2) is 5.65 Å². The number of nitrogens with zero attached hydrogens (tertiary/aromatic N) is 2. The Morgan fingerprint density at radius 2 is 1.42 bits per heavy atom. The van der Waals surface area contributed by atoms with Crippen LogP contribution in [0.1, 0.15) is 0 Å². The number of H-pyrrole nitrogens is 1. The molecule has 0 aliphatic rings. The predicted molar refractivity (Wildman–Crippen MR) is 105 cm³/mol. The van der Waals surface area contributed by atoms with Gasteiger partial charge >= 0.3 is 0 Å². The van der Waals surface area contributed by atoms with Crippen molar-refractivity contribution in [3.8, 4) is 22.4 Å². The van der Waals surface area contributed by atoms with E-state index in [0.717, 1.165) is 36.7 Å². The maximum Gasteiger partial charge on any atom is 0.184 e. The van der Waals surface area contributed by atoms with Crippen LogP contribution in [-0.2, 0) is 0 Å². The fraction of sp³-hybridized carbons (Fsp3) is 0. The number of fused-ring (bicyclic) bond motifs is 1. The number of nitrogen functional groups attached to an aromatic ring is 1. The van der Waals surface area contributed by atoms with Gasteiger partial charge in [-0.2, -0.15) is 5.10 Å². The first-order valence-electron chi connectivity index (χ1n) is 7.28. The molecule has 0 fully saturated rings. The van der Waals surface area contributed by atoms with E-state index in [1.807, 2.05) is 36.4 Å². The second-order valence-corrected chi connectivity index (χ2v) is 7.24. The minimum atomic E-state index is 0.526. The molecule has 4 nitrogen and oxygen atoms in total. The third kappa shape index (κ3) is 2.72. The smallest absolute Gasteiger partial charge is 0.184 e. The van der Waals surface area contributed by atoms with E-state index in [4.69, 9.17) is 5.73 Å². The SMILES string of the molecule is Nc1[nH]nc2nc(-c3ccc(Br)cc3)cc(-c3ccc(Br)cc3)c12. The van der Waals surface area contributed by atoms with Gasteiger partial charge in [-0.1, -0.05) is 56.1 Å². The molecule has 0 radical (unpaired) electrons. The second kappa shape index (κ2) is 6.03. The number of rotatable bonds is 2. The number of nitrogens with one attached hydrogen (secondary N) is 1. The van der Waals surface area contributed by atoms with Crippen molar-refractivity contribution >= 4 is 48.7 Å². The molecule has 24 heavy (non-hydrogen) atoms. The minimum Gasteiger partial charge on any atom is -0.383 e. The first-order valence-corrected chi connectivity index (χ1v) is 8.87. The molecule has 0 unspecified atom stereocenters. The normalized spacial score (nSPS) is 11.1. The van der Waals surface area contributed by atoms with Crippen LogP contribution < -0.4 is 5.73 Å². The average Bonchev–Trinajstić information content (AvgIpc) is 2.97. The Morgan fingerprint density at radius 3 is 2.04 bits per heavy atom. The van der Waals surface area contributed by atoms with E-state index in [2.05, 4.69) is 65.2 Å². The Labute approximate surface area is 155 Å². The highest BCUT2D eigenvalue weighted by Crippen LogP contribution is 2.34. The van der Waals surface area contributed by atoms with E-state index in [9.17, 15) is 0 Å². The van der Waals surface area contributed by atoms with Gasteiger partial charge in [-0.25, -0.2) is 4.98 Å². The molecule has 4 rings (SSSR count). The van der Waals surface area contributed by atoms with Crippen molar-refractivity contribution in [3.63, 3.8) is 0 Å². The van der Waals surface area contributed by atoms with Crippen LogP contribution >= 0.6 is 31.9 Å². The average molecular weight is 444 g/mol. The zero-order chi connectivity index (χ0) is 16.7. The lowest BCUT2D eigenvalue weighted by Crippen LogP contribution is -1.91. The number of hydrogen-bond donors (Lipinski definition) is 2. The van der Waals surface area contributed by atoms with Crippen LogP contribution in [0.15, 0.2) is 63.5 Å². The number of halogens is 2. The van der Waals surface area contributed by atoms with Crippen LogP contribution in [0.3, 0.4) is 0 Å². The largest absolute Gasteiger partial charge is 0.383 e. The van der Waals surface area contributed by atoms with Crippen molar-refractivity contribution in [1.29, 1.82) is 0 Å². The zero-order valence-corrected chi connectivity index (χ0v) is 15.6. The molecule has 0 saturated carbocycles. The molecule has 0 aliphatic heterocycles. The lowest BCUT2D eigenvalue weighted by molar-refractivity contribution is 1.11. The summed E-state index contributed by atoms with van der Waals surface area (Å²) in [5.74, 6) is 0.526. The predicted octanol–water partition coefficient (Wildman–Crippen LogP) is 5.40. The minimum absolute atomic E-state index is 0.526. The second-order valence-electron chi connectivity index (χ2n) is 5.40. The molecule has 4 aromatic rings. The maximum atomic E-state index is 6.08. The first kappa shape index (κ1) is 15.4. The van der Waals surface area contributed by atoms with Crippen LogP contribution in [0.25, 0.3) is 33.4 Å². The standard InChI is InChI=1S/C18H12Br2N4/c19-12-5-1-10(2-6-12)14-9-15(11-3-7-13(20)8-4-11)22-18-16(14)17(21)23-24-18/h1-9H,(H3,21,22,23,24). The lowest BCUT2D eigenvalue weighted by atomic mass is 10.0. The van der Waals surface area contributed by atoms with Gasteiger partial charge in [-0.05, 0) is 41.5 Å². The number of anilines is 1. The van der Waals surface area contributed by atoms with Gasteiger partial charge in [-0.3, -0.25) is 5.10 Å². The molecule has 0 bridgehead atoms. The Kier molecular flexibility index (Phi) is 3.86. The van der Waals surface area contributed by atoms with Gasteiger partial charge < -0.3 is 5.73 Å². The van der Waals surface area contributed by atoms with Gasteiger partial charge in [0, 0.05) is 14.5 Å². The van der Waals surface area contributed by atoms with Crippen molar-refractivity contribution in [1.82, 2.24) is 15.2 Å². The molecule has 0 atom stereocenters. The van der Waals surface area contributed by atoms with Crippen molar-refractivity contribution in [2.75, 3.05) is 5.73 Å². The van der Waals surface area contributed by atoms with E-state index in [0.29, 0.717) is 11.5 Å². The summed E-state index contributed by atoms with van der Waals surface area (Å²) in [5, 5.41) is 7.93. The van der Waals surface area contributed by atoms with Gasteiger partial charge in [0.25, 0.3) is 0 Å². The van der Waals surface area contributed by atoms with Crippen molar-refractivity contribution in [2.24, 2.45) is 0 Å². The fourth-order valence-corrected chi connectivity index (χ4v) is 3.20. The van der Waals surface area contributed by atoms with Crippen molar-refractivity contribution in [3.05, 3.63) is 63.5 Å². The Bertz CT molecular complexity index is 1020. The van der Waals surface area contributed by atoms with E-state index < -0.39 is 0 Å². The number of nitrogens with two attached hydrogens (primary N) is 1. The Morgan fingerprint density at radius 1 is 0.833 bits per heavy atom. The summed E-state index contributed by atoms with van der Waals surface area (Å²) < 4.78 is 2.06. The number of pyridine rings is 1. The van der Waals surface area contributed by atoms with E-state index in [1.54, 1.807) is 0 Å². The van der Waals surface area contributed by atoms with Crippen LogP contribution in [0.4, 0.5) is 5.82 Å². The molecule has 2 heterocycles. The molecule has 2 aromatic heterocycles. The third-order valence-corrected chi connectivity index (χ3v) is 4.90. The highest BCUT2D eigenvalue weighted by atomic mass is 79.9. The molecule has 3 N–H and O–H groups in total. The van der Waals surface area contributed by atoms with Gasteiger partial charge in [0.2, 0.25) is 0 Å². The zero-order valence-electron chi connectivity index (χ0n) is 12.4. The van der Waals surface area contributed by atoms with E-state index in [-0.39, 0.29) is 0 Å². The lowest BCUT2D eigenvalue weighted by Gasteiger charge is -2.08. The van der Waals surface area contributed by atoms with Crippen molar-refractivity contribution < 1.29 is 0 Å². The summed E-state index contributed by atoms with van der Waals surface area (Å²) in [7, 11) is 0. The summed E-state index contributed by atoms with van der Waals surface area (Å²) >= 11 is 6.93. The highest BCUT2D eigenvalue weighted by Gasteiger charge is 2.14. The van der Waals surface area contributed by atoms with Crippen molar-refractivity contribution in [2.45, 2.75) is 0 Å². The van der Waals surface area contributed by atoms with Crippen LogP contribution in [0.5, 0.6) is 0 Å². The van der Waals surface area contributed by atoms with Gasteiger partial charge in [-0.15, -0.1) is 0 Å². The number of benzene rings is 2. The molecule has 6 heteroatoms. The molecule has 0 amide bonds. The molecule has 0 spiro atoms. The molecule has 0 saturated heterocycles. The fourth-order valence-electron chi connectivity index (χ4n) is 2.67. The first-order chi connectivity index (χ1) is 11.6. The summed E-state index contributed by atoms with van der Waals surface area (Å²) in [4.78, 5) is 4.65. The highest BCUT2D eigenvalue weighted by molar-refractivity contribution is 9.10. The van der Waals surface area contributed by atoms with Gasteiger partial charge in [0.05, 0.1) is 11.1 Å². The molecule has 0 aliphatic carbocycles. The molecular formula is C18H12Br2N4. The molecule has 118 valence electrons. The maximum absolute atomic E-state index is 6.08. The monoisotopic (exact) mass is 442 g/mol. The summed E-state index contributed by atoms with van der Waals surface area (Å²) in [6.45, 7) is 0. The van der Waals surface area contributed by atoms with E-state index in [1.165, 1.54) is 0 Å².